The van der Waals surface area contributed by atoms with Gasteiger partial charge in [-0.05, 0) is 43.4 Å². The molecule has 0 aliphatic carbocycles. The molecule has 0 aromatic heterocycles. The van der Waals surface area contributed by atoms with Crippen molar-refractivity contribution in [1.82, 2.24) is 9.62 Å². The molecule has 130 valence electrons. The maximum atomic E-state index is 13.7. The zero-order valence-corrected chi connectivity index (χ0v) is 14.5. The van der Waals surface area contributed by atoms with E-state index < -0.39 is 26.6 Å². The molecule has 0 bridgehead atoms. The molecule has 0 radical (unpaired) electrons. The van der Waals surface area contributed by atoms with Crippen molar-refractivity contribution in [2.24, 2.45) is 11.8 Å². The molecule has 1 aliphatic heterocycles. The third-order valence-electron chi connectivity index (χ3n) is 4.02. The van der Waals surface area contributed by atoms with Gasteiger partial charge in [-0.15, -0.1) is 0 Å². The van der Waals surface area contributed by atoms with Crippen LogP contribution in [0, 0.1) is 23.5 Å². The summed E-state index contributed by atoms with van der Waals surface area (Å²) in [6.45, 7) is 8.48. The largest absolute Gasteiger partial charge is 0.301 e. The molecule has 7 heteroatoms. The Bertz CT molecular complexity index is 641. The minimum absolute atomic E-state index is 0.389. The summed E-state index contributed by atoms with van der Waals surface area (Å²) in [7, 11) is -4.08. The summed E-state index contributed by atoms with van der Waals surface area (Å²) in [6.07, 6.45) is 1.17. The van der Waals surface area contributed by atoms with Crippen molar-refractivity contribution in [2.75, 3.05) is 19.6 Å². The second kappa shape index (κ2) is 7.23. The molecule has 0 unspecified atom stereocenters. The molecule has 1 fully saturated rings. The van der Waals surface area contributed by atoms with Gasteiger partial charge in [0.25, 0.3) is 0 Å². The Balaban J connectivity index is 2.04. The molecule has 4 nitrogen and oxygen atoms in total. The fourth-order valence-corrected chi connectivity index (χ4v) is 4.70. The van der Waals surface area contributed by atoms with E-state index in [1.54, 1.807) is 6.92 Å². The summed E-state index contributed by atoms with van der Waals surface area (Å²) in [5, 5.41) is 0. The molecule has 3 atom stereocenters. The van der Waals surface area contributed by atoms with E-state index in [9.17, 15) is 17.2 Å². The number of halogens is 2. The van der Waals surface area contributed by atoms with Gasteiger partial charge in [-0.25, -0.2) is 21.9 Å². The molecule has 0 saturated carbocycles. The van der Waals surface area contributed by atoms with Crippen LogP contribution < -0.4 is 4.72 Å². The highest BCUT2D eigenvalue weighted by Crippen LogP contribution is 2.21. The normalized spacial score (nSPS) is 24.6. The number of nitrogens with zero attached hydrogens (tertiary/aromatic N) is 1. The molecule has 1 aromatic rings. The van der Waals surface area contributed by atoms with Crippen molar-refractivity contribution < 1.29 is 17.2 Å². The molecule has 0 amide bonds. The van der Waals surface area contributed by atoms with Gasteiger partial charge < -0.3 is 4.90 Å². The Morgan fingerprint density at radius 3 is 2.48 bits per heavy atom. The van der Waals surface area contributed by atoms with Gasteiger partial charge in [0.1, 0.15) is 16.5 Å². The van der Waals surface area contributed by atoms with E-state index >= 15 is 0 Å². The lowest BCUT2D eigenvalue weighted by atomic mass is 9.92. The molecular weight excluding hydrogens is 322 g/mol. The first-order chi connectivity index (χ1) is 10.7. The van der Waals surface area contributed by atoms with Crippen LogP contribution in [0.1, 0.15) is 27.2 Å². The number of benzene rings is 1. The number of rotatable bonds is 5. The Labute approximate surface area is 136 Å². The second-order valence-corrected chi connectivity index (χ2v) is 8.44. The summed E-state index contributed by atoms with van der Waals surface area (Å²) < 4.78 is 53.8. The Hall–Kier alpha value is -1.05. The van der Waals surface area contributed by atoms with Crippen LogP contribution in [0.3, 0.4) is 0 Å². The van der Waals surface area contributed by atoms with Crippen LogP contribution in [0.5, 0.6) is 0 Å². The van der Waals surface area contributed by atoms with Gasteiger partial charge >= 0.3 is 0 Å². The number of piperidine rings is 1. The molecule has 1 aliphatic rings. The molecule has 1 N–H and O–H groups in total. The lowest BCUT2D eigenvalue weighted by molar-refractivity contribution is 0.134. The van der Waals surface area contributed by atoms with Crippen LogP contribution in [0.2, 0.25) is 0 Å². The monoisotopic (exact) mass is 346 g/mol. The zero-order chi connectivity index (χ0) is 17.2. The maximum absolute atomic E-state index is 13.7. The molecule has 1 saturated heterocycles. The van der Waals surface area contributed by atoms with E-state index in [2.05, 4.69) is 23.5 Å². The molecule has 23 heavy (non-hydrogen) atoms. The van der Waals surface area contributed by atoms with E-state index in [1.165, 1.54) is 6.42 Å². The van der Waals surface area contributed by atoms with Crippen LogP contribution in [-0.4, -0.2) is 39.0 Å². The van der Waals surface area contributed by atoms with E-state index in [1.807, 2.05) is 0 Å². The molecular formula is C16H24F2N2O2S. The standard InChI is InChI=1S/C16H24F2N2O2S/c1-11-6-12(2)9-20(8-11)10-13(3)19-23(21,22)16-7-14(17)4-5-15(16)18/h4-5,7,11-13,19H,6,8-10H2,1-3H3/t11-,12+,13-/m0/s1. The zero-order valence-electron chi connectivity index (χ0n) is 13.7. The first-order valence-electron chi connectivity index (χ1n) is 7.87. The predicted molar refractivity (Wildman–Crippen MR) is 85.5 cm³/mol. The van der Waals surface area contributed by atoms with Gasteiger partial charge in [0.2, 0.25) is 10.0 Å². The minimum atomic E-state index is -4.08. The average molecular weight is 346 g/mol. The van der Waals surface area contributed by atoms with Gasteiger partial charge in [-0.2, -0.15) is 0 Å². The van der Waals surface area contributed by atoms with Crippen molar-refractivity contribution in [1.29, 1.82) is 0 Å². The van der Waals surface area contributed by atoms with E-state index in [0.717, 1.165) is 25.2 Å². The van der Waals surface area contributed by atoms with E-state index in [4.69, 9.17) is 0 Å². The highest BCUT2D eigenvalue weighted by Gasteiger charge is 2.26. The van der Waals surface area contributed by atoms with Crippen molar-refractivity contribution in [3.63, 3.8) is 0 Å². The van der Waals surface area contributed by atoms with E-state index in [-0.39, 0.29) is 6.04 Å². The Morgan fingerprint density at radius 1 is 1.26 bits per heavy atom. The number of nitrogens with one attached hydrogen (secondary N) is 1. The SMILES string of the molecule is C[C@@H]1C[C@H](C)CN(C[C@H](C)NS(=O)(=O)c2cc(F)ccc2F)C1. The van der Waals surface area contributed by atoms with Crippen LogP contribution in [0.4, 0.5) is 8.78 Å². The molecule has 0 spiro atoms. The lowest BCUT2D eigenvalue weighted by Gasteiger charge is -2.36. The average Bonchev–Trinajstić information content (AvgIpc) is 2.39. The van der Waals surface area contributed by atoms with Gasteiger partial charge in [-0.1, -0.05) is 13.8 Å². The quantitative estimate of drug-likeness (QED) is 0.892. The number of sulfonamides is 1. The van der Waals surface area contributed by atoms with Crippen LogP contribution in [0.25, 0.3) is 0 Å². The fourth-order valence-electron chi connectivity index (χ4n) is 3.38. The van der Waals surface area contributed by atoms with Gasteiger partial charge in [0, 0.05) is 25.7 Å². The van der Waals surface area contributed by atoms with Crippen molar-refractivity contribution >= 4 is 10.0 Å². The number of hydrogen-bond donors (Lipinski definition) is 1. The summed E-state index contributed by atoms with van der Waals surface area (Å²) >= 11 is 0. The predicted octanol–water partition coefficient (Wildman–Crippen LogP) is 2.61. The summed E-state index contributed by atoms with van der Waals surface area (Å²) in [6, 6.07) is 2.03. The molecule has 1 heterocycles. The van der Waals surface area contributed by atoms with Gasteiger partial charge in [0.05, 0.1) is 0 Å². The Morgan fingerprint density at radius 2 is 1.87 bits per heavy atom. The minimum Gasteiger partial charge on any atom is -0.301 e. The number of likely N-dealkylation sites (tertiary alicyclic amines) is 1. The summed E-state index contributed by atoms with van der Waals surface area (Å²) in [4.78, 5) is 1.57. The topological polar surface area (TPSA) is 49.4 Å². The number of hydrogen-bond acceptors (Lipinski definition) is 3. The van der Waals surface area contributed by atoms with Crippen molar-refractivity contribution in [2.45, 2.75) is 38.1 Å². The molecule has 2 rings (SSSR count). The van der Waals surface area contributed by atoms with Crippen molar-refractivity contribution in [3.8, 4) is 0 Å². The van der Waals surface area contributed by atoms with Crippen LogP contribution in [0.15, 0.2) is 23.1 Å². The first-order valence-corrected chi connectivity index (χ1v) is 9.35. The third-order valence-corrected chi connectivity index (χ3v) is 5.62. The first kappa shape index (κ1) is 18.3. The maximum Gasteiger partial charge on any atom is 0.243 e. The molecule has 1 aromatic carbocycles. The highest BCUT2D eigenvalue weighted by molar-refractivity contribution is 7.89. The Kier molecular flexibility index (Phi) is 5.75. The summed E-state index contributed by atoms with van der Waals surface area (Å²) in [5.74, 6) is -0.587. The van der Waals surface area contributed by atoms with Gasteiger partial charge in [0.15, 0.2) is 0 Å². The second-order valence-electron chi connectivity index (χ2n) is 6.76. The summed E-state index contributed by atoms with van der Waals surface area (Å²) in [5.41, 5.74) is 0. The smallest absolute Gasteiger partial charge is 0.243 e. The fraction of sp³-hybridized carbons (Fsp3) is 0.625. The van der Waals surface area contributed by atoms with E-state index in [0.29, 0.717) is 24.4 Å². The lowest BCUT2D eigenvalue weighted by Crippen LogP contribution is -2.47. The van der Waals surface area contributed by atoms with Crippen LogP contribution >= 0.6 is 0 Å². The highest BCUT2D eigenvalue weighted by atomic mass is 32.2. The van der Waals surface area contributed by atoms with Crippen LogP contribution in [-0.2, 0) is 10.0 Å². The van der Waals surface area contributed by atoms with Crippen molar-refractivity contribution in [3.05, 3.63) is 29.8 Å². The third kappa shape index (κ3) is 4.96. The van der Waals surface area contributed by atoms with Gasteiger partial charge in [-0.3, -0.25) is 0 Å².